The number of halogens is 1. The molecule has 0 aliphatic heterocycles. The first-order valence-electron chi connectivity index (χ1n) is 9.97. The fourth-order valence-electron chi connectivity index (χ4n) is 3.69. The minimum absolute atomic E-state index is 0.253. The molecule has 0 bridgehead atoms. The van der Waals surface area contributed by atoms with Crippen LogP contribution in [-0.4, -0.2) is 24.2 Å². The minimum atomic E-state index is -2.78. The summed E-state index contributed by atoms with van der Waals surface area (Å²) < 4.78 is 26.9. The SMILES string of the molecule is Cc1ccc(C)c(N(C(=O)c2ccc3nc(C)n(Cc4ccccc4Cl)c3c2)S(=O)[O-])c1. The summed E-state index contributed by atoms with van der Waals surface area (Å²) in [4.78, 5) is 17.9. The number of aromatic nitrogens is 2. The first-order valence-corrected chi connectivity index (χ1v) is 11.4. The van der Waals surface area contributed by atoms with Gasteiger partial charge in [-0.1, -0.05) is 41.9 Å². The summed E-state index contributed by atoms with van der Waals surface area (Å²) in [5, 5.41) is 0.642. The molecule has 0 N–H and O–H groups in total. The zero-order valence-electron chi connectivity index (χ0n) is 17.8. The Bertz CT molecular complexity index is 1370. The zero-order chi connectivity index (χ0) is 23.0. The van der Waals surface area contributed by atoms with Crippen molar-refractivity contribution < 1.29 is 13.6 Å². The molecule has 1 unspecified atom stereocenters. The first kappa shape index (κ1) is 22.2. The summed E-state index contributed by atoms with van der Waals surface area (Å²) in [5.74, 6) is 0.139. The van der Waals surface area contributed by atoms with Crippen molar-refractivity contribution in [3.63, 3.8) is 0 Å². The molecule has 0 fully saturated rings. The summed E-state index contributed by atoms with van der Waals surface area (Å²) in [5.41, 5.74) is 4.50. The van der Waals surface area contributed by atoms with Crippen LogP contribution in [-0.2, 0) is 17.8 Å². The number of amides is 1. The maximum Gasteiger partial charge on any atom is 0.269 e. The number of hydrogen-bond donors (Lipinski definition) is 0. The number of fused-ring (bicyclic) bond motifs is 1. The summed E-state index contributed by atoms with van der Waals surface area (Å²) in [6.07, 6.45) is 0. The monoisotopic (exact) mass is 466 g/mol. The van der Waals surface area contributed by atoms with Crippen molar-refractivity contribution in [2.45, 2.75) is 27.3 Å². The predicted octanol–water partition coefficient (Wildman–Crippen LogP) is 5.10. The van der Waals surface area contributed by atoms with Gasteiger partial charge in [0.05, 0.1) is 34.5 Å². The molecule has 0 aliphatic carbocycles. The van der Waals surface area contributed by atoms with Crippen LogP contribution in [0.25, 0.3) is 11.0 Å². The number of hydrogen-bond acceptors (Lipinski definition) is 4. The molecule has 0 saturated carbocycles. The average Bonchev–Trinajstić information content (AvgIpc) is 3.06. The van der Waals surface area contributed by atoms with Gasteiger partial charge in [0.25, 0.3) is 5.91 Å². The second-order valence-electron chi connectivity index (χ2n) is 7.65. The van der Waals surface area contributed by atoms with Crippen molar-refractivity contribution in [2.75, 3.05) is 4.31 Å². The van der Waals surface area contributed by atoms with Gasteiger partial charge in [-0.15, -0.1) is 0 Å². The highest BCUT2D eigenvalue weighted by atomic mass is 35.5. The number of anilines is 1. The van der Waals surface area contributed by atoms with Crippen LogP contribution in [0.2, 0.25) is 5.02 Å². The third-order valence-electron chi connectivity index (χ3n) is 5.39. The Hall–Kier alpha value is -3.00. The number of carbonyl (C=O) groups excluding carboxylic acids is 1. The molecule has 4 rings (SSSR count). The fraction of sp³-hybridized carbons (Fsp3) is 0.167. The van der Waals surface area contributed by atoms with E-state index in [2.05, 4.69) is 4.98 Å². The molecule has 1 heterocycles. The van der Waals surface area contributed by atoms with Crippen molar-refractivity contribution in [3.05, 3.63) is 93.8 Å². The highest BCUT2D eigenvalue weighted by Crippen LogP contribution is 2.27. The molecule has 8 heteroatoms. The summed E-state index contributed by atoms with van der Waals surface area (Å²) >= 11 is 3.56. The number of nitrogens with zero attached hydrogens (tertiary/aromatic N) is 3. The molecule has 0 aliphatic rings. The Balaban J connectivity index is 1.79. The van der Waals surface area contributed by atoms with Crippen molar-refractivity contribution in [2.24, 2.45) is 0 Å². The number of benzene rings is 3. The smallest absolute Gasteiger partial charge is 0.269 e. The molecule has 32 heavy (non-hydrogen) atoms. The standard InChI is InChI=1S/C24H22ClN3O3S/c1-15-8-9-16(2)22(12-15)28(32(30)31)24(29)18-10-11-21-23(13-18)27(17(3)26-21)14-19-6-4-5-7-20(19)25/h4-13H,14H2,1-3H3,(H,30,31)/p-1. The van der Waals surface area contributed by atoms with Gasteiger partial charge in [0.2, 0.25) is 0 Å². The molecular formula is C24H21ClN3O3S-. The molecule has 4 aromatic rings. The lowest BCUT2D eigenvalue weighted by atomic mass is 10.1. The average molecular weight is 467 g/mol. The minimum Gasteiger partial charge on any atom is -0.755 e. The quantitative estimate of drug-likeness (QED) is 0.383. The highest BCUT2D eigenvalue weighted by molar-refractivity contribution is 7.81. The predicted molar refractivity (Wildman–Crippen MR) is 127 cm³/mol. The number of rotatable bonds is 5. The first-order chi connectivity index (χ1) is 15.3. The topological polar surface area (TPSA) is 78.3 Å². The molecule has 6 nitrogen and oxygen atoms in total. The van der Waals surface area contributed by atoms with Crippen LogP contribution in [0, 0.1) is 20.8 Å². The van der Waals surface area contributed by atoms with Crippen molar-refractivity contribution in [1.29, 1.82) is 0 Å². The number of imidazole rings is 1. The Labute approximate surface area is 193 Å². The second kappa shape index (κ2) is 8.86. The van der Waals surface area contributed by atoms with Crippen molar-refractivity contribution in [1.82, 2.24) is 9.55 Å². The van der Waals surface area contributed by atoms with Crippen LogP contribution < -0.4 is 4.31 Å². The summed E-state index contributed by atoms with van der Waals surface area (Å²) in [6.45, 7) is 5.98. The van der Waals surface area contributed by atoms with Gasteiger partial charge in [0.15, 0.2) is 0 Å². The number of carbonyl (C=O) groups is 1. The van der Waals surface area contributed by atoms with Gasteiger partial charge in [-0.3, -0.25) is 9.00 Å². The van der Waals surface area contributed by atoms with Crippen LogP contribution in [0.5, 0.6) is 0 Å². The third kappa shape index (κ3) is 4.19. The van der Waals surface area contributed by atoms with Crippen LogP contribution >= 0.6 is 11.6 Å². The molecule has 1 amide bonds. The second-order valence-corrected chi connectivity index (χ2v) is 8.85. The van der Waals surface area contributed by atoms with Gasteiger partial charge in [-0.2, -0.15) is 0 Å². The highest BCUT2D eigenvalue weighted by Gasteiger charge is 2.22. The van der Waals surface area contributed by atoms with Gasteiger partial charge < -0.3 is 9.12 Å². The van der Waals surface area contributed by atoms with Gasteiger partial charge >= 0.3 is 0 Å². The van der Waals surface area contributed by atoms with E-state index in [4.69, 9.17) is 11.6 Å². The Morgan fingerprint density at radius 1 is 1.09 bits per heavy atom. The molecule has 164 valence electrons. The van der Waals surface area contributed by atoms with Crippen LogP contribution in [0.1, 0.15) is 32.9 Å². The van der Waals surface area contributed by atoms with E-state index in [1.165, 1.54) is 0 Å². The van der Waals surface area contributed by atoms with Crippen LogP contribution in [0.4, 0.5) is 5.69 Å². The summed E-state index contributed by atoms with van der Waals surface area (Å²) in [7, 11) is 0. The summed E-state index contributed by atoms with van der Waals surface area (Å²) in [6, 6.07) is 17.9. The van der Waals surface area contributed by atoms with Gasteiger partial charge in [0, 0.05) is 10.6 Å². The molecule has 0 spiro atoms. The van der Waals surface area contributed by atoms with E-state index >= 15 is 0 Å². The molecular weight excluding hydrogens is 446 g/mol. The van der Waals surface area contributed by atoms with Crippen molar-refractivity contribution in [3.8, 4) is 0 Å². The van der Waals surface area contributed by atoms with E-state index in [9.17, 15) is 13.6 Å². The molecule has 3 aromatic carbocycles. The van der Waals surface area contributed by atoms with Crippen LogP contribution in [0.3, 0.4) is 0 Å². The van der Waals surface area contributed by atoms with E-state index < -0.39 is 17.2 Å². The maximum atomic E-state index is 13.3. The number of aryl methyl sites for hydroxylation is 3. The lowest BCUT2D eigenvalue weighted by Crippen LogP contribution is -2.33. The van der Waals surface area contributed by atoms with Gasteiger partial charge in [-0.05, 0) is 67.8 Å². The van der Waals surface area contributed by atoms with E-state index in [0.29, 0.717) is 28.3 Å². The van der Waals surface area contributed by atoms with Gasteiger partial charge in [0.1, 0.15) is 5.82 Å². The third-order valence-corrected chi connectivity index (χ3v) is 6.42. The van der Waals surface area contributed by atoms with E-state index in [0.717, 1.165) is 26.8 Å². The van der Waals surface area contributed by atoms with Gasteiger partial charge in [-0.25, -0.2) is 9.29 Å². The molecule has 1 atom stereocenters. The Kier molecular flexibility index (Phi) is 6.15. The maximum absolute atomic E-state index is 13.3. The normalized spacial score (nSPS) is 12.2. The zero-order valence-corrected chi connectivity index (χ0v) is 19.4. The lowest BCUT2D eigenvalue weighted by molar-refractivity contribution is 0.100. The van der Waals surface area contributed by atoms with E-state index in [-0.39, 0.29) is 5.56 Å². The van der Waals surface area contributed by atoms with E-state index in [1.807, 2.05) is 48.7 Å². The Morgan fingerprint density at radius 2 is 1.84 bits per heavy atom. The van der Waals surface area contributed by atoms with Crippen LogP contribution in [0.15, 0.2) is 60.7 Å². The molecule has 0 radical (unpaired) electrons. The molecule has 1 aromatic heterocycles. The van der Waals surface area contributed by atoms with E-state index in [1.54, 1.807) is 37.3 Å². The molecule has 0 saturated heterocycles. The lowest BCUT2D eigenvalue weighted by Gasteiger charge is -2.26. The van der Waals surface area contributed by atoms with Crippen molar-refractivity contribution >= 4 is 45.5 Å². The fourth-order valence-corrected chi connectivity index (χ4v) is 4.48. The Morgan fingerprint density at radius 3 is 2.56 bits per heavy atom. The largest absolute Gasteiger partial charge is 0.755 e.